The maximum atomic E-state index is 11.5. The van der Waals surface area contributed by atoms with E-state index in [2.05, 4.69) is 0 Å². The first-order valence-electron chi connectivity index (χ1n) is 4.98. The molecule has 0 amide bonds. The van der Waals surface area contributed by atoms with Crippen LogP contribution in [0.5, 0.6) is 0 Å². The van der Waals surface area contributed by atoms with Crippen LogP contribution in [0.4, 0.5) is 11.4 Å². The summed E-state index contributed by atoms with van der Waals surface area (Å²) in [7, 11) is 0. The third-order valence-electron chi connectivity index (χ3n) is 2.35. The summed E-state index contributed by atoms with van der Waals surface area (Å²) in [6, 6.07) is 1.34. The van der Waals surface area contributed by atoms with Crippen LogP contribution in [-0.2, 0) is 0 Å². The number of nitrogens with zero attached hydrogens (tertiary/aromatic N) is 2. The van der Waals surface area contributed by atoms with Gasteiger partial charge in [0.15, 0.2) is 11.6 Å². The van der Waals surface area contributed by atoms with E-state index in [4.69, 9.17) is 23.2 Å². The fourth-order valence-corrected chi connectivity index (χ4v) is 1.76. The number of rotatable bonds is 6. The average molecular weight is 321 g/mol. The quantitative estimate of drug-likeness (QED) is 0.343. The van der Waals surface area contributed by atoms with Gasteiger partial charge in [0.1, 0.15) is 0 Å². The maximum Gasteiger partial charge on any atom is 0.287 e. The lowest BCUT2D eigenvalue weighted by molar-refractivity contribution is -0.394. The van der Waals surface area contributed by atoms with Gasteiger partial charge >= 0.3 is 0 Å². The fourth-order valence-electron chi connectivity index (χ4n) is 1.47. The summed E-state index contributed by atoms with van der Waals surface area (Å²) in [5, 5.41) is 21.7. The minimum Gasteiger partial charge on any atom is -0.293 e. The van der Waals surface area contributed by atoms with Crippen molar-refractivity contribution in [3.8, 4) is 0 Å². The largest absolute Gasteiger partial charge is 0.293 e. The molecule has 0 fully saturated rings. The highest BCUT2D eigenvalue weighted by Gasteiger charge is 2.29. The zero-order valence-corrected chi connectivity index (χ0v) is 11.2. The van der Waals surface area contributed by atoms with Gasteiger partial charge in [0.25, 0.3) is 11.4 Å². The van der Waals surface area contributed by atoms with Crippen molar-refractivity contribution in [3.05, 3.63) is 43.5 Å². The number of carbonyl (C=O) groups is 2. The molecule has 1 aromatic rings. The van der Waals surface area contributed by atoms with Crippen molar-refractivity contribution in [3.63, 3.8) is 0 Å². The van der Waals surface area contributed by atoms with Crippen molar-refractivity contribution in [1.82, 2.24) is 0 Å². The summed E-state index contributed by atoms with van der Waals surface area (Å²) >= 11 is 10.6. The first-order valence-corrected chi connectivity index (χ1v) is 6.05. The second-order valence-electron chi connectivity index (χ2n) is 3.51. The minimum absolute atomic E-state index is 0.468. The lowest BCUT2D eigenvalue weighted by Gasteiger charge is -2.04. The van der Waals surface area contributed by atoms with E-state index in [0.717, 1.165) is 6.07 Å². The number of benzene rings is 1. The molecular weight excluding hydrogens is 315 g/mol. The number of hydrogen-bond acceptors (Lipinski definition) is 6. The Hall–Kier alpha value is -2.06. The molecule has 0 unspecified atom stereocenters. The minimum atomic E-state index is -0.957. The Morgan fingerprint density at radius 1 is 0.900 bits per heavy atom. The van der Waals surface area contributed by atoms with Gasteiger partial charge in [-0.05, 0) is 6.07 Å². The third kappa shape index (κ3) is 3.09. The summed E-state index contributed by atoms with van der Waals surface area (Å²) in [6.45, 7) is 0. The number of nitro groups is 2. The second-order valence-corrected chi connectivity index (χ2v) is 4.05. The number of ketones is 2. The zero-order valence-electron chi connectivity index (χ0n) is 9.67. The molecule has 0 N–H and O–H groups in total. The Kier molecular flexibility index (Phi) is 5.12. The van der Waals surface area contributed by atoms with Crippen molar-refractivity contribution in [2.45, 2.75) is 0 Å². The molecule has 0 heterocycles. The van der Waals surface area contributed by atoms with Crippen LogP contribution in [0.2, 0.25) is 0 Å². The molecule has 106 valence electrons. The number of hydrogen-bond donors (Lipinski definition) is 0. The van der Waals surface area contributed by atoms with E-state index in [1.807, 2.05) is 0 Å². The predicted molar refractivity (Wildman–Crippen MR) is 69.9 cm³/mol. The Morgan fingerprint density at radius 3 is 1.50 bits per heavy atom. The number of carbonyl (C=O) groups excluding carboxylic acids is 2. The molecule has 0 saturated carbocycles. The van der Waals surface area contributed by atoms with E-state index in [9.17, 15) is 29.8 Å². The highest BCUT2D eigenvalue weighted by molar-refractivity contribution is 6.32. The van der Waals surface area contributed by atoms with Gasteiger partial charge in [0.05, 0.1) is 38.8 Å². The maximum absolute atomic E-state index is 11.5. The van der Waals surface area contributed by atoms with Crippen LogP contribution >= 0.6 is 23.2 Å². The standard InChI is InChI=1S/C10H6Cl2N2O6/c11-3-9(15)5-1-6(10(16)4-12)8(14(19)20)2-7(5)13(17)18/h1-2H,3-4H2. The molecule has 0 radical (unpaired) electrons. The molecule has 0 bridgehead atoms. The lowest BCUT2D eigenvalue weighted by Crippen LogP contribution is -2.11. The topological polar surface area (TPSA) is 120 Å². The first kappa shape index (κ1) is 16.0. The number of Topliss-reactive ketones (excluding diaryl/α,β-unsaturated/α-hetero) is 2. The van der Waals surface area contributed by atoms with Crippen molar-refractivity contribution < 1.29 is 19.4 Å². The van der Waals surface area contributed by atoms with Gasteiger partial charge < -0.3 is 0 Å². The Bertz CT molecular complexity index is 567. The average Bonchev–Trinajstić information content (AvgIpc) is 2.43. The molecule has 20 heavy (non-hydrogen) atoms. The molecule has 1 rings (SSSR count). The molecule has 0 saturated heterocycles. The predicted octanol–water partition coefficient (Wildman–Crippen LogP) is 2.35. The Balaban J connectivity index is 3.68. The summed E-state index contributed by atoms with van der Waals surface area (Å²) in [4.78, 5) is 42.8. The van der Waals surface area contributed by atoms with Gasteiger partial charge in [-0.15, -0.1) is 23.2 Å². The van der Waals surface area contributed by atoms with Crippen LogP contribution in [0.25, 0.3) is 0 Å². The summed E-state index contributed by atoms with van der Waals surface area (Å²) in [6.07, 6.45) is 0. The van der Waals surface area contributed by atoms with Crippen molar-refractivity contribution >= 4 is 46.1 Å². The zero-order chi connectivity index (χ0) is 15.4. The first-order chi connectivity index (χ1) is 9.33. The van der Waals surface area contributed by atoms with Gasteiger partial charge in [-0.3, -0.25) is 29.8 Å². The van der Waals surface area contributed by atoms with Crippen LogP contribution in [0.1, 0.15) is 20.7 Å². The van der Waals surface area contributed by atoms with E-state index in [1.54, 1.807) is 0 Å². The van der Waals surface area contributed by atoms with E-state index in [1.165, 1.54) is 0 Å². The molecular formula is C10H6Cl2N2O6. The molecule has 0 aromatic heterocycles. The molecule has 0 aliphatic rings. The highest BCUT2D eigenvalue weighted by Crippen LogP contribution is 2.30. The van der Waals surface area contributed by atoms with Crippen molar-refractivity contribution in [2.24, 2.45) is 0 Å². The normalized spacial score (nSPS) is 10.1. The van der Waals surface area contributed by atoms with E-state index >= 15 is 0 Å². The van der Waals surface area contributed by atoms with Gasteiger partial charge in [-0.1, -0.05) is 0 Å². The molecule has 0 aliphatic carbocycles. The fraction of sp³-hybridized carbons (Fsp3) is 0.200. The smallest absolute Gasteiger partial charge is 0.287 e. The molecule has 0 spiro atoms. The number of nitro benzene ring substituents is 2. The van der Waals surface area contributed by atoms with Crippen LogP contribution < -0.4 is 0 Å². The number of alkyl halides is 2. The lowest BCUT2D eigenvalue weighted by atomic mass is 10.0. The van der Waals surface area contributed by atoms with Crippen molar-refractivity contribution in [1.29, 1.82) is 0 Å². The highest BCUT2D eigenvalue weighted by atomic mass is 35.5. The Morgan fingerprint density at radius 2 is 1.25 bits per heavy atom. The summed E-state index contributed by atoms with van der Waals surface area (Å²) < 4.78 is 0. The van der Waals surface area contributed by atoms with Crippen molar-refractivity contribution in [2.75, 3.05) is 11.8 Å². The molecule has 0 atom stereocenters. The molecule has 10 heteroatoms. The summed E-state index contributed by atoms with van der Waals surface area (Å²) in [5.74, 6) is -2.77. The SMILES string of the molecule is O=C(CCl)c1cc(C(=O)CCl)c([N+](=O)[O-])cc1[N+](=O)[O-]. The molecule has 1 aromatic carbocycles. The Labute approximate surface area is 121 Å². The van der Waals surface area contributed by atoms with Gasteiger partial charge in [0.2, 0.25) is 0 Å². The number of halogens is 2. The van der Waals surface area contributed by atoms with Crippen LogP contribution in [0, 0.1) is 20.2 Å². The van der Waals surface area contributed by atoms with Crippen LogP contribution in [0.3, 0.4) is 0 Å². The van der Waals surface area contributed by atoms with Crippen LogP contribution in [-0.4, -0.2) is 33.2 Å². The van der Waals surface area contributed by atoms with E-state index in [-0.39, 0.29) is 0 Å². The van der Waals surface area contributed by atoms with E-state index in [0.29, 0.717) is 6.07 Å². The molecule has 8 nitrogen and oxygen atoms in total. The second kappa shape index (κ2) is 6.40. The molecule has 0 aliphatic heterocycles. The van der Waals surface area contributed by atoms with Gasteiger partial charge in [-0.25, -0.2) is 0 Å². The van der Waals surface area contributed by atoms with Gasteiger partial charge in [0, 0.05) is 0 Å². The van der Waals surface area contributed by atoms with Crippen LogP contribution in [0.15, 0.2) is 12.1 Å². The van der Waals surface area contributed by atoms with Gasteiger partial charge in [-0.2, -0.15) is 0 Å². The van der Waals surface area contributed by atoms with E-state index < -0.39 is 55.7 Å². The monoisotopic (exact) mass is 320 g/mol. The third-order valence-corrected chi connectivity index (χ3v) is 2.84. The summed E-state index contributed by atoms with van der Waals surface area (Å²) in [5.41, 5.74) is -2.50.